The SMILES string of the molecule is COc1cc2c3ccnc4c3n(c2cc1OC)C(=O)CC4. The predicted molar refractivity (Wildman–Crippen MR) is 79.3 cm³/mol. The van der Waals surface area contributed by atoms with E-state index < -0.39 is 0 Å². The van der Waals surface area contributed by atoms with Crippen LogP contribution in [0.2, 0.25) is 0 Å². The normalized spacial score (nSPS) is 13.9. The van der Waals surface area contributed by atoms with Crippen LogP contribution in [0.25, 0.3) is 21.8 Å². The highest BCUT2D eigenvalue weighted by atomic mass is 16.5. The fourth-order valence-corrected chi connectivity index (χ4v) is 3.13. The van der Waals surface area contributed by atoms with E-state index in [1.807, 2.05) is 18.2 Å². The molecule has 0 aliphatic carbocycles. The number of carbonyl (C=O) groups is 1. The van der Waals surface area contributed by atoms with Gasteiger partial charge >= 0.3 is 0 Å². The summed E-state index contributed by atoms with van der Waals surface area (Å²) < 4.78 is 12.5. The number of rotatable bonds is 2. The number of carbonyl (C=O) groups excluding carboxylic acids is 1. The van der Waals surface area contributed by atoms with Crippen molar-refractivity contribution in [3.8, 4) is 11.5 Å². The molecule has 0 unspecified atom stereocenters. The first-order valence-corrected chi connectivity index (χ1v) is 6.82. The van der Waals surface area contributed by atoms with Crippen molar-refractivity contribution in [3.05, 3.63) is 30.1 Å². The van der Waals surface area contributed by atoms with E-state index in [9.17, 15) is 4.79 Å². The summed E-state index contributed by atoms with van der Waals surface area (Å²) >= 11 is 0. The molecule has 0 saturated carbocycles. The van der Waals surface area contributed by atoms with Crippen molar-refractivity contribution >= 4 is 27.7 Å². The van der Waals surface area contributed by atoms with Crippen molar-refractivity contribution in [1.29, 1.82) is 0 Å². The second-order valence-electron chi connectivity index (χ2n) is 5.11. The Kier molecular flexibility index (Phi) is 2.45. The van der Waals surface area contributed by atoms with Gasteiger partial charge in [0.15, 0.2) is 11.5 Å². The van der Waals surface area contributed by atoms with Crippen LogP contribution in [0.3, 0.4) is 0 Å². The third-order valence-electron chi connectivity index (χ3n) is 4.08. The molecule has 5 heteroatoms. The molecule has 106 valence electrons. The minimum Gasteiger partial charge on any atom is -0.493 e. The van der Waals surface area contributed by atoms with E-state index in [1.54, 1.807) is 25.0 Å². The van der Waals surface area contributed by atoms with Crippen molar-refractivity contribution in [2.75, 3.05) is 14.2 Å². The maximum absolute atomic E-state index is 12.4. The Hall–Kier alpha value is -2.56. The highest BCUT2D eigenvalue weighted by Crippen LogP contribution is 2.39. The number of hydrogen-bond acceptors (Lipinski definition) is 4. The Morgan fingerprint density at radius 1 is 1.10 bits per heavy atom. The largest absolute Gasteiger partial charge is 0.493 e. The van der Waals surface area contributed by atoms with Crippen LogP contribution < -0.4 is 9.47 Å². The number of ether oxygens (including phenoxy) is 2. The van der Waals surface area contributed by atoms with Crippen LogP contribution in [0.1, 0.15) is 16.9 Å². The van der Waals surface area contributed by atoms with Gasteiger partial charge in [-0.05, 0) is 12.1 Å². The van der Waals surface area contributed by atoms with Gasteiger partial charge in [-0.25, -0.2) is 0 Å². The fourth-order valence-electron chi connectivity index (χ4n) is 3.13. The van der Waals surface area contributed by atoms with Crippen molar-refractivity contribution in [2.24, 2.45) is 0 Å². The van der Waals surface area contributed by atoms with E-state index in [2.05, 4.69) is 4.98 Å². The molecule has 0 N–H and O–H groups in total. The number of benzene rings is 1. The Bertz CT molecular complexity index is 896. The molecular weight excluding hydrogens is 268 g/mol. The first kappa shape index (κ1) is 12.2. The van der Waals surface area contributed by atoms with Gasteiger partial charge in [0.25, 0.3) is 0 Å². The zero-order valence-corrected chi connectivity index (χ0v) is 11.8. The van der Waals surface area contributed by atoms with Gasteiger partial charge in [0, 0.05) is 35.9 Å². The molecule has 3 aromatic rings. The molecule has 0 saturated heterocycles. The molecular formula is C16H14N2O3. The zero-order valence-electron chi connectivity index (χ0n) is 11.8. The van der Waals surface area contributed by atoms with Gasteiger partial charge in [0.1, 0.15) is 0 Å². The zero-order chi connectivity index (χ0) is 14.6. The molecule has 3 heterocycles. The van der Waals surface area contributed by atoms with Crippen LogP contribution in [-0.2, 0) is 6.42 Å². The summed E-state index contributed by atoms with van der Waals surface area (Å²) in [4.78, 5) is 16.8. The molecule has 4 rings (SSSR count). The summed E-state index contributed by atoms with van der Waals surface area (Å²) in [5.74, 6) is 1.38. The first-order chi connectivity index (χ1) is 10.2. The molecule has 1 aliphatic rings. The van der Waals surface area contributed by atoms with Crippen LogP contribution in [0.4, 0.5) is 0 Å². The minimum absolute atomic E-state index is 0.0997. The lowest BCUT2D eigenvalue weighted by atomic mass is 10.1. The average molecular weight is 282 g/mol. The molecule has 1 aromatic carbocycles. The quantitative estimate of drug-likeness (QED) is 0.725. The van der Waals surface area contributed by atoms with Crippen LogP contribution in [0.5, 0.6) is 11.5 Å². The Morgan fingerprint density at radius 2 is 1.86 bits per heavy atom. The predicted octanol–water partition coefficient (Wildman–Crippen LogP) is 2.79. The van der Waals surface area contributed by atoms with Crippen LogP contribution in [0.15, 0.2) is 24.4 Å². The van der Waals surface area contributed by atoms with E-state index in [0.29, 0.717) is 24.3 Å². The lowest BCUT2D eigenvalue weighted by molar-refractivity contribution is 0.0907. The van der Waals surface area contributed by atoms with E-state index in [1.165, 1.54) is 0 Å². The summed E-state index contributed by atoms with van der Waals surface area (Å²) in [5, 5.41) is 2.02. The molecule has 0 atom stereocenters. The van der Waals surface area contributed by atoms with Crippen LogP contribution in [-0.4, -0.2) is 29.7 Å². The molecule has 21 heavy (non-hydrogen) atoms. The lowest BCUT2D eigenvalue weighted by Gasteiger charge is -2.14. The number of aromatic nitrogens is 2. The van der Waals surface area contributed by atoms with Crippen LogP contribution in [0, 0.1) is 0 Å². The molecule has 0 spiro atoms. The molecule has 5 nitrogen and oxygen atoms in total. The fraction of sp³-hybridized carbons (Fsp3) is 0.250. The standard InChI is InChI=1S/C16H14N2O3/c1-20-13-7-10-9-5-6-17-11-3-4-15(19)18(16(9)11)12(10)8-14(13)21-2/h5-8H,3-4H2,1-2H3. The number of nitrogens with zero attached hydrogens (tertiary/aromatic N) is 2. The van der Waals surface area contributed by atoms with Gasteiger partial charge in [-0.2, -0.15) is 0 Å². The van der Waals surface area contributed by atoms with E-state index >= 15 is 0 Å². The number of hydrogen-bond donors (Lipinski definition) is 0. The van der Waals surface area contributed by atoms with Crippen molar-refractivity contribution in [3.63, 3.8) is 0 Å². The van der Waals surface area contributed by atoms with E-state index in [4.69, 9.17) is 9.47 Å². The Balaban J connectivity index is 2.24. The molecule has 2 aromatic heterocycles. The van der Waals surface area contributed by atoms with Gasteiger partial charge in [-0.1, -0.05) is 0 Å². The van der Waals surface area contributed by atoms with Crippen molar-refractivity contribution in [2.45, 2.75) is 12.8 Å². The highest BCUT2D eigenvalue weighted by molar-refractivity contribution is 6.15. The molecule has 0 amide bonds. The Morgan fingerprint density at radius 3 is 2.62 bits per heavy atom. The van der Waals surface area contributed by atoms with Gasteiger partial charge in [0.2, 0.25) is 5.91 Å². The summed E-state index contributed by atoms with van der Waals surface area (Å²) in [6.45, 7) is 0. The second kappa shape index (κ2) is 4.22. The van der Waals surface area contributed by atoms with E-state index in [-0.39, 0.29) is 5.91 Å². The molecule has 0 radical (unpaired) electrons. The molecule has 0 fully saturated rings. The minimum atomic E-state index is 0.0997. The van der Waals surface area contributed by atoms with E-state index in [0.717, 1.165) is 27.5 Å². The second-order valence-corrected chi connectivity index (χ2v) is 5.11. The third-order valence-corrected chi connectivity index (χ3v) is 4.08. The van der Waals surface area contributed by atoms with Gasteiger partial charge < -0.3 is 9.47 Å². The van der Waals surface area contributed by atoms with Crippen molar-refractivity contribution in [1.82, 2.24) is 9.55 Å². The van der Waals surface area contributed by atoms with Crippen LogP contribution >= 0.6 is 0 Å². The number of fused-ring (bicyclic) bond motifs is 3. The molecule has 0 bridgehead atoms. The maximum Gasteiger partial charge on any atom is 0.232 e. The monoisotopic (exact) mass is 282 g/mol. The number of aryl methyl sites for hydroxylation is 1. The summed E-state index contributed by atoms with van der Waals surface area (Å²) in [6.07, 6.45) is 2.98. The third kappa shape index (κ3) is 1.51. The molecule has 1 aliphatic heterocycles. The number of methoxy groups -OCH3 is 2. The maximum atomic E-state index is 12.4. The van der Waals surface area contributed by atoms with Gasteiger partial charge in [-0.15, -0.1) is 0 Å². The highest BCUT2D eigenvalue weighted by Gasteiger charge is 2.25. The summed E-state index contributed by atoms with van der Waals surface area (Å²) in [5.41, 5.74) is 2.74. The Labute approximate surface area is 121 Å². The van der Waals surface area contributed by atoms with Gasteiger partial charge in [0.05, 0.1) is 30.9 Å². The smallest absolute Gasteiger partial charge is 0.232 e. The van der Waals surface area contributed by atoms with Crippen molar-refractivity contribution < 1.29 is 14.3 Å². The number of pyridine rings is 1. The van der Waals surface area contributed by atoms with Gasteiger partial charge in [-0.3, -0.25) is 14.3 Å². The lowest BCUT2D eigenvalue weighted by Crippen LogP contribution is -2.17. The topological polar surface area (TPSA) is 53.4 Å². The first-order valence-electron chi connectivity index (χ1n) is 6.82. The summed E-state index contributed by atoms with van der Waals surface area (Å²) in [7, 11) is 3.20. The summed E-state index contributed by atoms with van der Waals surface area (Å²) in [6, 6.07) is 5.73. The average Bonchev–Trinajstić information content (AvgIpc) is 2.85.